The number of hydrogen-bond donors (Lipinski definition) is 1. The molecule has 0 fully saturated rings. The fourth-order valence-electron chi connectivity index (χ4n) is 1.21. The molecule has 0 aliphatic rings. The maximum Gasteiger partial charge on any atom is 0.180 e. The van der Waals surface area contributed by atoms with Crippen LogP contribution in [0, 0.1) is 0 Å². The molecule has 0 aromatic carbocycles. The zero-order valence-corrected chi connectivity index (χ0v) is 8.12. The minimum Gasteiger partial charge on any atom is -0.370 e. The fraction of sp³-hybridized carbons (Fsp3) is 0.125. The van der Waals surface area contributed by atoms with Gasteiger partial charge in [0.05, 0.1) is 0 Å². The average molecular weight is 211 g/mol. The van der Waals surface area contributed by atoms with Crippen LogP contribution in [0.2, 0.25) is 5.15 Å². The molecule has 0 radical (unpaired) electrons. The van der Waals surface area contributed by atoms with Gasteiger partial charge in [0.2, 0.25) is 0 Å². The molecule has 2 heterocycles. The molecular formula is C8H7ClN4O. The molecule has 0 saturated carbocycles. The number of nitrogens with one attached hydrogen (secondary N) is 1. The van der Waals surface area contributed by atoms with Gasteiger partial charge in [-0.3, -0.25) is 4.79 Å². The van der Waals surface area contributed by atoms with Crippen molar-refractivity contribution < 1.29 is 4.79 Å². The van der Waals surface area contributed by atoms with Gasteiger partial charge in [0.15, 0.2) is 17.8 Å². The lowest BCUT2D eigenvalue weighted by Crippen LogP contribution is -1.97. The van der Waals surface area contributed by atoms with Gasteiger partial charge in [-0.05, 0) is 0 Å². The minimum atomic E-state index is 0.344. The number of aromatic nitrogens is 3. The van der Waals surface area contributed by atoms with Gasteiger partial charge in [-0.1, -0.05) is 11.6 Å². The Labute approximate surface area is 84.7 Å². The summed E-state index contributed by atoms with van der Waals surface area (Å²) in [6.07, 6.45) is 3.87. The number of hydrogen-bond acceptors (Lipinski definition) is 4. The molecule has 0 saturated heterocycles. The first kappa shape index (κ1) is 8.96. The molecule has 6 heteroatoms. The second-order valence-electron chi connectivity index (χ2n) is 2.68. The zero-order chi connectivity index (χ0) is 10.1. The Morgan fingerprint density at radius 3 is 2.93 bits per heavy atom. The summed E-state index contributed by atoms with van der Waals surface area (Å²) in [5.41, 5.74) is 0.935. The summed E-state index contributed by atoms with van der Waals surface area (Å²) in [5, 5.41) is 3.20. The van der Waals surface area contributed by atoms with Crippen molar-refractivity contribution in [2.24, 2.45) is 0 Å². The Kier molecular flexibility index (Phi) is 2.09. The van der Waals surface area contributed by atoms with E-state index in [1.807, 2.05) is 0 Å². The van der Waals surface area contributed by atoms with Crippen LogP contribution in [0.15, 0.2) is 12.4 Å². The molecule has 2 aromatic heterocycles. The lowest BCUT2D eigenvalue weighted by Gasteiger charge is -2.01. The summed E-state index contributed by atoms with van der Waals surface area (Å²) in [4.78, 5) is 18.6. The van der Waals surface area contributed by atoms with Crippen molar-refractivity contribution in [1.82, 2.24) is 14.4 Å². The second kappa shape index (κ2) is 3.26. The predicted molar refractivity (Wildman–Crippen MR) is 52.9 cm³/mol. The van der Waals surface area contributed by atoms with E-state index in [0.29, 0.717) is 28.6 Å². The normalized spacial score (nSPS) is 10.4. The number of carbonyl (C=O) groups excluding carboxylic acids is 1. The van der Waals surface area contributed by atoms with Gasteiger partial charge in [-0.2, -0.15) is 0 Å². The van der Waals surface area contributed by atoms with E-state index in [4.69, 9.17) is 11.6 Å². The van der Waals surface area contributed by atoms with Gasteiger partial charge in [-0.15, -0.1) is 0 Å². The van der Waals surface area contributed by atoms with E-state index in [-0.39, 0.29) is 0 Å². The third-order valence-electron chi connectivity index (χ3n) is 1.78. The first-order valence-electron chi connectivity index (χ1n) is 3.93. The number of carbonyl (C=O) groups is 1. The highest BCUT2D eigenvalue weighted by molar-refractivity contribution is 6.29. The molecule has 5 nitrogen and oxygen atoms in total. The van der Waals surface area contributed by atoms with Crippen LogP contribution < -0.4 is 5.32 Å². The summed E-state index contributed by atoms with van der Waals surface area (Å²) in [6.45, 7) is 0. The fourth-order valence-corrected chi connectivity index (χ4v) is 1.40. The largest absolute Gasteiger partial charge is 0.370 e. The van der Waals surface area contributed by atoms with E-state index in [1.165, 1.54) is 0 Å². The van der Waals surface area contributed by atoms with Gasteiger partial charge in [0.1, 0.15) is 10.8 Å². The van der Waals surface area contributed by atoms with Gasteiger partial charge >= 0.3 is 0 Å². The molecule has 0 aliphatic heterocycles. The van der Waals surface area contributed by atoms with E-state index >= 15 is 0 Å². The molecular weight excluding hydrogens is 204 g/mol. The lowest BCUT2D eigenvalue weighted by molar-refractivity contribution is 0.111. The van der Waals surface area contributed by atoms with E-state index in [1.54, 1.807) is 23.8 Å². The summed E-state index contributed by atoms with van der Waals surface area (Å²) in [6, 6.07) is 0. The van der Waals surface area contributed by atoms with Crippen molar-refractivity contribution in [2.75, 3.05) is 12.4 Å². The monoisotopic (exact) mass is 210 g/mol. The quantitative estimate of drug-likeness (QED) is 0.758. The lowest BCUT2D eigenvalue weighted by atomic mass is 10.5. The summed E-state index contributed by atoms with van der Waals surface area (Å²) in [5.74, 6) is 0.547. The first-order valence-corrected chi connectivity index (χ1v) is 4.30. The molecule has 2 rings (SSSR count). The van der Waals surface area contributed by atoms with Crippen LogP contribution in [0.5, 0.6) is 0 Å². The number of anilines is 1. The van der Waals surface area contributed by atoms with Crippen LogP contribution >= 0.6 is 11.6 Å². The smallest absolute Gasteiger partial charge is 0.180 e. The molecule has 0 unspecified atom stereocenters. The van der Waals surface area contributed by atoms with Crippen molar-refractivity contribution in [1.29, 1.82) is 0 Å². The average Bonchev–Trinajstić information content (AvgIpc) is 2.59. The van der Waals surface area contributed by atoms with E-state index in [0.717, 1.165) is 0 Å². The van der Waals surface area contributed by atoms with Crippen molar-refractivity contribution in [2.45, 2.75) is 0 Å². The zero-order valence-electron chi connectivity index (χ0n) is 7.36. The molecule has 0 aliphatic carbocycles. The van der Waals surface area contributed by atoms with Crippen LogP contribution in [-0.4, -0.2) is 27.7 Å². The van der Waals surface area contributed by atoms with Crippen LogP contribution in [0.25, 0.3) is 5.65 Å². The highest BCUT2D eigenvalue weighted by Crippen LogP contribution is 2.16. The highest BCUT2D eigenvalue weighted by atomic mass is 35.5. The molecule has 1 N–H and O–H groups in total. The van der Waals surface area contributed by atoms with Crippen molar-refractivity contribution in [3.8, 4) is 0 Å². The Morgan fingerprint density at radius 2 is 2.29 bits per heavy atom. The molecule has 0 spiro atoms. The summed E-state index contributed by atoms with van der Waals surface area (Å²) >= 11 is 5.77. The Bertz CT molecular complexity index is 493. The Morgan fingerprint density at radius 1 is 1.50 bits per heavy atom. The minimum absolute atomic E-state index is 0.344. The number of halogens is 1. The SMILES string of the molecule is CNc1nc(Cl)cn2cc(C=O)nc12. The summed E-state index contributed by atoms with van der Waals surface area (Å²) in [7, 11) is 1.72. The van der Waals surface area contributed by atoms with Crippen LogP contribution in [0.4, 0.5) is 5.82 Å². The molecule has 0 atom stereocenters. The third kappa shape index (κ3) is 1.31. The van der Waals surface area contributed by atoms with Crippen LogP contribution in [-0.2, 0) is 0 Å². The third-order valence-corrected chi connectivity index (χ3v) is 1.97. The van der Waals surface area contributed by atoms with E-state index < -0.39 is 0 Å². The Hall–Kier alpha value is -1.62. The highest BCUT2D eigenvalue weighted by Gasteiger charge is 2.07. The van der Waals surface area contributed by atoms with Gasteiger partial charge < -0.3 is 9.72 Å². The van der Waals surface area contributed by atoms with Crippen LogP contribution in [0.1, 0.15) is 10.5 Å². The predicted octanol–water partition coefficient (Wildman–Crippen LogP) is 1.24. The maximum atomic E-state index is 10.5. The number of rotatable bonds is 2. The number of aldehydes is 1. The van der Waals surface area contributed by atoms with Crippen molar-refractivity contribution in [3.05, 3.63) is 23.2 Å². The molecule has 0 amide bonds. The second-order valence-corrected chi connectivity index (χ2v) is 3.06. The topological polar surface area (TPSA) is 59.3 Å². The van der Waals surface area contributed by atoms with Gasteiger partial charge in [0, 0.05) is 19.4 Å². The van der Waals surface area contributed by atoms with E-state index in [2.05, 4.69) is 15.3 Å². The Balaban J connectivity index is 2.77. The molecule has 72 valence electrons. The standard InChI is InChI=1S/C8H7ClN4O/c1-10-7-8-11-5(4-14)2-13(8)3-6(9)12-7/h2-4H,1H3,(H,10,12). The van der Waals surface area contributed by atoms with Gasteiger partial charge in [0.25, 0.3) is 0 Å². The van der Waals surface area contributed by atoms with Crippen molar-refractivity contribution in [3.63, 3.8) is 0 Å². The first-order chi connectivity index (χ1) is 6.74. The van der Waals surface area contributed by atoms with Crippen molar-refractivity contribution >= 4 is 29.4 Å². The molecule has 2 aromatic rings. The maximum absolute atomic E-state index is 10.5. The number of imidazole rings is 1. The summed E-state index contributed by atoms with van der Waals surface area (Å²) < 4.78 is 1.66. The van der Waals surface area contributed by atoms with E-state index in [9.17, 15) is 4.79 Å². The van der Waals surface area contributed by atoms with Gasteiger partial charge in [-0.25, -0.2) is 9.97 Å². The number of fused-ring (bicyclic) bond motifs is 1. The number of nitrogens with zero attached hydrogens (tertiary/aromatic N) is 3. The van der Waals surface area contributed by atoms with Crippen LogP contribution in [0.3, 0.4) is 0 Å². The molecule has 0 bridgehead atoms. The molecule has 14 heavy (non-hydrogen) atoms.